The molecule has 0 aromatic carbocycles. The molecule has 1 aromatic heterocycles. The third-order valence-corrected chi connectivity index (χ3v) is 3.00. The standard InChI is InChI=1S/C14H27N5O.HI/c1-10(2)7-6-8-11(3)17-14(15-5)16-9-13-18-12(4)19-20-13;/h10-11H,6-9H2,1-5H3,(H2,15,16,17);1H. The first kappa shape index (κ1) is 20.1. The first-order valence-electron chi connectivity index (χ1n) is 7.27. The van der Waals surface area contributed by atoms with E-state index in [1.165, 1.54) is 12.8 Å². The average molecular weight is 409 g/mol. The molecular formula is C14H28IN5O. The fraction of sp³-hybridized carbons (Fsp3) is 0.786. The van der Waals surface area contributed by atoms with Crippen molar-refractivity contribution in [1.29, 1.82) is 0 Å². The van der Waals surface area contributed by atoms with Crippen molar-refractivity contribution in [2.24, 2.45) is 10.9 Å². The van der Waals surface area contributed by atoms with Gasteiger partial charge in [-0.1, -0.05) is 31.8 Å². The second-order valence-corrected chi connectivity index (χ2v) is 5.53. The lowest BCUT2D eigenvalue weighted by Gasteiger charge is -2.17. The summed E-state index contributed by atoms with van der Waals surface area (Å²) in [5.74, 6) is 2.74. The topological polar surface area (TPSA) is 75.3 Å². The summed E-state index contributed by atoms with van der Waals surface area (Å²) >= 11 is 0. The molecule has 0 saturated carbocycles. The van der Waals surface area contributed by atoms with Crippen LogP contribution >= 0.6 is 24.0 Å². The Morgan fingerprint density at radius 3 is 2.52 bits per heavy atom. The van der Waals surface area contributed by atoms with Crippen molar-refractivity contribution in [1.82, 2.24) is 20.8 Å². The minimum atomic E-state index is 0. The molecule has 1 unspecified atom stereocenters. The predicted molar refractivity (Wildman–Crippen MR) is 95.9 cm³/mol. The molecule has 1 rings (SSSR count). The number of aromatic nitrogens is 2. The van der Waals surface area contributed by atoms with E-state index in [0.717, 1.165) is 18.3 Å². The molecule has 0 saturated heterocycles. The fourth-order valence-electron chi connectivity index (χ4n) is 1.90. The average Bonchev–Trinajstić information content (AvgIpc) is 2.79. The molecule has 122 valence electrons. The predicted octanol–water partition coefficient (Wildman–Crippen LogP) is 2.88. The molecule has 1 aromatic rings. The summed E-state index contributed by atoms with van der Waals surface area (Å²) in [7, 11) is 1.76. The first-order chi connectivity index (χ1) is 9.51. The number of nitrogens with zero attached hydrogens (tertiary/aromatic N) is 3. The zero-order chi connectivity index (χ0) is 15.0. The van der Waals surface area contributed by atoms with Crippen molar-refractivity contribution in [2.75, 3.05) is 7.05 Å². The van der Waals surface area contributed by atoms with Crippen molar-refractivity contribution < 1.29 is 4.52 Å². The molecular weight excluding hydrogens is 381 g/mol. The Morgan fingerprint density at radius 1 is 1.29 bits per heavy atom. The summed E-state index contributed by atoms with van der Waals surface area (Å²) in [6, 6.07) is 0.393. The number of hydrogen-bond donors (Lipinski definition) is 2. The summed E-state index contributed by atoms with van der Waals surface area (Å²) in [5, 5.41) is 10.3. The van der Waals surface area contributed by atoms with E-state index in [-0.39, 0.29) is 24.0 Å². The van der Waals surface area contributed by atoms with E-state index < -0.39 is 0 Å². The highest BCUT2D eigenvalue weighted by Crippen LogP contribution is 2.08. The smallest absolute Gasteiger partial charge is 0.246 e. The minimum Gasteiger partial charge on any atom is -0.354 e. The van der Waals surface area contributed by atoms with E-state index in [9.17, 15) is 0 Å². The van der Waals surface area contributed by atoms with E-state index in [2.05, 4.69) is 46.5 Å². The maximum atomic E-state index is 5.05. The van der Waals surface area contributed by atoms with Crippen molar-refractivity contribution in [3.05, 3.63) is 11.7 Å². The van der Waals surface area contributed by atoms with Gasteiger partial charge in [-0.3, -0.25) is 4.99 Å². The summed E-state index contributed by atoms with van der Waals surface area (Å²) < 4.78 is 5.05. The lowest BCUT2D eigenvalue weighted by Crippen LogP contribution is -2.41. The molecule has 0 radical (unpaired) electrons. The highest BCUT2D eigenvalue weighted by atomic mass is 127. The highest BCUT2D eigenvalue weighted by Gasteiger charge is 2.07. The number of aliphatic imine (C=N–C) groups is 1. The number of nitrogens with one attached hydrogen (secondary N) is 2. The Morgan fingerprint density at radius 2 is 2.00 bits per heavy atom. The highest BCUT2D eigenvalue weighted by molar-refractivity contribution is 14.0. The van der Waals surface area contributed by atoms with E-state index in [1.807, 2.05) is 0 Å². The van der Waals surface area contributed by atoms with Gasteiger partial charge in [0.15, 0.2) is 11.8 Å². The Bertz CT molecular complexity index is 419. The zero-order valence-corrected chi connectivity index (χ0v) is 16.0. The van der Waals surface area contributed by atoms with Gasteiger partial charge in [0.2, 0.25) is 5.89 Å². The number of guanidine groups is 1. The molecule has 7 heteroatoms. The van der Waals surface area contributed by atoms with Gasteiger partial charge in [-0.25, -0.2) is 0 Å². The monoisotopic (exact) mass is 409 g/mol. The molecule has 1 heterocycles. The Labute approximate surface area is 144 Å². The number of hydrogen-bond acceptors (Lipinski definition) is 4. The third-order valence-electron chi connectivity index (χ3n) is 3.00. The molecule has 2 N–H and O–H groups in total. The third kappa shape index (κ3) is 8.90. The van der Waals surface area contributed by atoms with Crippen LogP contribution in [0.5, 0.6) is 0 Å². The molecule has 21 heavy (non-hydrogen) atoms. The fourth-order valence-corrected chi connectivity index (χ4v) is 1.90. The van der Waals surface area contributed by atoms with Crippen LogP contribution in [-0.2, 0) is 6.54 Å². The molecule has 0 bridgehead atoms. The largest absolute Gasteiger partial charge is 0.354 e. The molecule has 0 amide bonds. The van der Waals surface area contributed by atoms with Gasteiger partial charge in [0.25, 0.3) is 0 Å². The molecule has 0 spiro atoms. The van der Waals surface area contributed by atoms with Gasteiger partial charge in [0, 0.05) is 13.1 Å². The van der Waals surface area contributed by atoms with Crippen molar-refractivity contribution in [2.45, 2.75) is 59.5 Å². The van der Waals surface area contributed by atoms with Crippen LogP contribution in [0.4, 0.5) is 0 Å². The second kappa shape index (κ2) is 10.8. The van der Waals surface area contributed by atoms with Crippen molar-refractivity contribution >= 4 is 29.9 Å². The number of aryl methyl sites for hydroxylation is 1. The van der Waals surface area contributed by atoms with Gasteiger partial charge in [0.1, 0.15) is 0 Å². The van der Waals surface area contributed by atoms with Gasteiger partial charge in [-0.2, -0.15) is 4.98 Å². The summed E-state index contributed by atoms with van der Waals surface area (Å²) in [4.78, 5) is 8.34. The van der Waals surface area contributed by atoms with Gasteiger partial charge in [-0.15, -0.1) is 24.0 Å². The molecule has 6 nitrogen and oxygen atoms in total. The van der Waals surface area contributed by atoms with Crippen LogP contribution in [0.25, 0.3) is 0 Å². The molecule has 1 atom stereocenters. The van der Waals surface area contributed by atoms with Crippen LogP contribution in [0, 0.1) is 12.8 Å². The van der Waals surface area contributed by atoms with Crippen LogP contribution in [0.15, 0.2) is 9.52 Å². The maximum Gasteiger partial charge on any atom is 0.246 e. The number of rotatable bonds is 7. The molecule has 0 aliphatic carbocycles. The first-order valence-corrected chi connectivity index (χ1v) is 7.27. The lowest BCUT2D eigenvalue weighted by molar-refractivity contribution is 0.371. The Hall–Kier alpha value is -0.860. The van der Waals surface area contributed by atoms with Gasteiger partial charge in [-0.05, 0) is 26.2 Å². The van der Waals surface area contributed by atoms with Crippen LogP contribution in [-0.4, -0.2) is 29.2 Å². The van der Waals surface area contributed by atoms with Gasteiger partial charge >= 0.3 is 0 Å². The van der Waals surface area contributed by atoms with Crippen molar-refractivity contribution in [3.63, 3.8) is 0 Å². The van der Waals surface area contributed by atoms with Crippen LogP contribution in [0.1, 0.15) is 51.7 Å². The van der Waals surface area contributed by atoms with E-state index >= 15 is 0 Å². The molecule has 0 aliphatic heterocycles. The summed E-state index contributed by atoms with van der Waals surface area (Å²) in [5.41, 5.74) is 0. The van der Waals surface area contributed by atoms with E-state index in [4.69, 9.17) is 4.52 Å². The normalized spacial score (nSPS) is 13.0. The Kier molecular flexibility index (Phi) is 10.4. The quantitative estimate of drug-likeness (QED) is 0.412. The number of halogens is 1. The zero-order valence-electron chi connectivity index (χ0n) is 13.6. The SMILES string of the molecule is CN=C(NCc1nc(C)no1)NC(C)CCCC(C)C.I. The van der Waals surface area contributed by atoms with E-state index in [0.29, 0.717) is 24.3 Å². The second-order valence-electron chi connectivity index (χ2n) is 5.53. The molecule has 0 aliphatic rings. The summed E-state index contributed by atoms with van der Waals surface area (Å²) in [6.07, 6.45) is 3.63. The minimum absolute atomic E-state index is 0. The van der Waals surface area contributed by atoms with Crippen LogP contribution in [0.3, 0.4) is 0 Å². The Balaban J connectivity index is 0.00000400. The van der Waals surface area contributed by atoms with Gasteiger partial charge in [0.05, 0.1) is 6.54 Å². The van der Waals surface area contributed by atoms with Crippen LogP contribution < -0.4 is 10.6 Å². The van der Waals surface area contributed by atoms with Crippen LogP contribution in [0.2, 0.25) is 0 Å². The lowest BCUT2D eigenvalue weighted by atomic mass is 10.0. The maximum absolute atomic E-state index is 5.05. The van der Waals surface area contributed by atoms with E-state index in [1.54, 1.807) is 14.0 Å². The van der Waals surface area contributed by atoms with Gasteiger partial charge < -0.3 is 15.2 Å². The van der Waals surface area contributed by atoms with Crippen molar-refractivity contribution in [3.8, 4) is 0 Å². The summed E-state index contributed by atoms with van der Waals surface area (Å²) in [6.45, 7) is 8.97. The molecule has 0 fully saturated rings.